The maximum absolute atomic E-state index is 14.0. The highest BCUT2D eigenvalue weighted by Gasteiger charge is 2.32. The van der Waals surface area contributed by atoms with Crippen LogP contribution in [0.3, 0.4) is 0 Å². The molecule has 16 heteroatoms. The minimum Gasteiger partial charge on any atom is -0.456 e. The fraction of sp³-hybridized carbons (Fsp3) is 0.420. The molecule has 3 N–H and O–H groups in total. The Hall–Kier alpha value is -5.45. The Morgan fingerprint density at radius 3 is 2.42 bits per heavy atom. The van der Waals surface area contributed by atoms with Crippen molar-refractivity contribution < 1.29 is 27.6 Å². The number of aromatic amines is 1. The first-order valence-electron chi connectivity index (χ1n) is 23.0. The monoisotopic (exact) mass is 935 g/mol. The average molecular weight is 937 g/mol. The molecule has 0 spiro atoms. The van der Waals surface area contributed by atoms with E-state index in [0.29, 0.717) is 11.8 Å². The van der Waals surface area contributed by atoms with Crippen LogP contribution in [0.15, 0.2) is 102 Å². The summed E-state index contributed by atoms with van der Waals surface area (Å²) in [5.41, 5.74) is 5.96. The number of carbonyl (C=O) groups excluding carboxylic acids is 1. The van der Waals surface area contributed by atoms with Crippen molar-refractivity contribution in [3.63, 3.8) is 0 Å². The van der Waals surface area contributed by atoms with Gasteiger partial charge >= 0.3 is 0 Å². The van der Waals surface area contributed by atoms with Gasteiger partial charge in [0.2, 0.25) is 0 Å². The largest absolute Gasteiger partial charge is 0.456 e. The van der Waals surface area contributed by atoms with Crippen LogP contribution in [-0.2, 0) is 14.8 Å². The van der Waals surface area contributed by atoms with Crippen molar-refractivity contribution in [3.05, 3.63) is 123 Å². The van der Waals surface area contributed by atoms with Crippen LogP contribution in [-0.4, -0.2) is 105 Å². The smallest absolute Gasteiger partial charge is 0.293 e. The molecule has 4 heterocycles. The summed E-state index contributed by atoms with van der Waals surface area (Å²) >= 11 is 6.26. The number of sulfonamides is 1. The molecule has 3 fully saturated rings. The Morgan fingerprint density at radius 1 is 0.924 bits per heavy atom. The van der Waals surface area contributed by atoms with E-state index in [1.807, 2.05) is 42.6 Å². The number of nitrogens with one attached hydrogen (secondary N) is 3. The molecule has 9 rings (SSSR count). The van der Waals surface area contributed by atoms with Crippen molar-refractivity contribution in [2.75, 3.05) is 69.2 Å². The number of allylic oxidation sites excluding steroid dienone is 1. The summed E-state index contributed by atoms with van der Waals surface area (Å²) in [6.07, 6.45) is 8.64. The molecule has 5 aromatic rings. The lowest BCUT2D eigenvalue weighted by Crippen LogP contribution is -2.47. The molecule has 14 nitrogen and oxygen atoms in total. The van der Waals surface area contributed by atoms with Gasteiger partial charge in [0.05, 0.1) is 15.4 Å². The summed E-state index contributed by atoms with van der Waals surface area (Å²) in [5, 5.41) is 17.3. The number of hydrogen-bond donors (Lipinski definition) is 3. The average Bonchev–Trinajstić information content (AvgIpc) is 3.79. The molecular weight excluding hydrogens is 878 g/mol. The molecule has 1 amide bonds. The molecular formula is C50H58ClN7O7S. The first-order chi connectivity index (χ1) is 31.8. The molecule has 0 unspecified atom stereocenters. The van der Waals surface area contributed by atoms with Gasteiger partial charge in [-0.15, -0.1) is 0 Å². The molecule has 4 aliphatic rings. The van der Waals surface area contributed by atoms with E-state index >= 15 is 0 Å². The highest BCUT2D eigenvalue weighted by atomic mass is 35.5. The number of nitrogens with zero attached hydrogens (tertiary/aromatic N) is 4. The number of benzene rings is 4. The van der Waals surface area contributed by atoms with Gasteiger partial charge in [0, 0.05) is 111 Å². The molecule has 0 bridgehead atoms. The van der Waals surface area contributed by atoms with Crippen molar-refractivity contribution in [2.24, 2.45) is 5.41 Å². The number of piperazine rings is 1. The fourth-order valence-electron chi connectivity index (χ4n) is 9.97. The van der Waals surface area contributed by atoms with Crippen LogP contribution < -0.4 is 19.7 Å². The van der Waals surface area contributed by atoms with Crippen LogP contribution in [0.1, 0.15) is 74.7 Å². The van der Waals surface area contributed by atoms with Crippen LogP contribution in [0.25, 0.3) is 16.5 Å². The Morgan fingerprint density at radius 2 is 1.68 bits per heavy atom. The number of rotatable bonds is 13. The first-order valence-corrected chi connectivity index (χ1v) is 24.9. The number of aromatic nitrogens is 1. The van der Waals surface area contributed by atoms with E-state index in [2.05, 4.69) is 55.7 Å². The van der Waals surface area contributed by atoms with E-state index in [-0.39, 0.29) is 34.1 Å². The third-order valence-electron chi connectivity index (χ3n) is 13.8. The molecule has 3 saturated heterocycles. The summed E-state index contributed by atoms with van der Waals surface area (Å²) in [6, 6.07) is 25.0. The van der Waals surface area contributed by atoms with Crippen LogP contribution in [0.5, 0.6) is 11.5 Å². The number of halogens is 1. The van der Waals surface area contributed by atoms with Gasteiger partial charge in [-0.3, -0.25) is 19.8 Å². The minimum atomic E-state index is -4.56. The van der Waals surface area contributed by atoms with Crippen LogP contribution in [0.4, 0.5) is 17.1 Å². The Balaban J connectivity index is 0.904. The first kappa shape index (κ1) is 45.7. The highest BCUT2D eigenvalue weighted by Crippen LogP contribution is 2.44. The van der Waals surface area contributed by atoms with E-state index in [4.69, 9.17) is 21.1 Å². The molecule has 66 heavy (non-hydrogen) atoms. The second-order valence-electron chi connectivity index (χ2n) is 18.9. The van der Waals surface area contributed by atoms with Gasteiger partial charge < -0.3 is 29.6 Å². The van der Waals surface area contributed by atoms with Crippen molar-refractivity contribution in [3.8, 4) is 11.5 Å². The molecule has 1 aliphatic carbocycles. The minimum absolute atomic E-state index is 0.00287. The van der Waals surface area contributed by atoms with Crippen molar-refractivity contribution >= 4 is 61.1 Å². The number of anilines is 2. The summed E-state index contributed by atoms with van der Waals surface area (Å²) in [7, 11) is -4.56. The number of hydrogen-bond acceptors (Lipinski definition) is 11. The lowest BCUT2D eigenvalue weighted by Gasteiger charge is -2.39. The van der Waals surface area contributed by atoms with E-state index < -0.39 is 25.7 Å². The Labute approximate surface area is 391 Å². The number of amides is 1. The number of carbonyl (C=O) groups is 1. The van der Waals surface area contributed by atoms with Gasteiger partial charge in [-0.2, -0.15) is 0 Å². The number of ether oxygens (including phenoxy) is 2. The second-order valence-corrected chi connectivity index (χ2v) is 21.0. The number of piperidine rings is 1. The summed E-state index contributed by atoms with van der Waals surface area (Å²) in [6.45, 7) is 12.0. The predicted octanol–water partition coefficient (Wildman–Crippen LogP) is 9.48. The van der Waals surface area contributed by atoms with Crippen LogP contribution in [0.2, 0.25) is 5.02 Å². The van der Waals surface area contributed by atoms with Crippen LogP contribution in [0, 0.1) is 15.5 Å². The van der Waals surface area contributed by atoms with Gasteiger partial charge in [0.1, 0.15) is 17.2 Å². The topological polar surface area (TPSA) is 162 Å². The maximum Gasteiger partial charge on any atom is 0.293 e. The van der Waals surface area contributed by atoms with Crippen molar-refractivity contribution in [2.45, 2.75) is 75.8 Å². The predicted molar refractivity (Wildman–Crippen MR) is 259 cm³/mol. The Bertz CT molecular complexity index is 2720. The summed E-state index contributed by atoms with van der Waals surface area (Å²) < 4.78 is 41.8. The standard InChI is InChI=1S/C50H58ClN7O7S/c1-50(2)19-13-36(44(32-50)34-3-5-37(51)6-4-34)33-55-23-25-57(26-24-55)40-7-10-43(48(30-40)65-41-8-11-45-35(29-41)14-20-52-45)49(59)54-66(62,63)42-9-12-46(47(31-42)58(60)61)53-38-15-21-56(22-16-38)39-17-27-64-28-18-39/h3-12,14,20,29-31,38-39,52-53H,13,15-19,21-28,32-33H2,1-2H3,(H,54,59). The zero-order chi connectivity index (χ0) is 46.0. The van der Waals surface area contributed by atoms with E-state index in [1.165, 1.54) is 28.8 Å². The molecule has 4 aromatic carbocycles. The van der Waals surface area contributed by atoms with E-state index in [1.54, 1.807) is 18.2 Å². The fourth-order valence-corrected chi connectivity index (χ4v) is 11.1. The SMILES string of the molecule is CC1(C)CCC(CN2CCN(c3ccc(C(=O)NS(=O)(=O)c4ccc(NC5CCN(C6CCOCC6)CC5)c([N+](=O)[O-])c4)c(Oc4ccc5[nH]ccc5c4)c3)CC2)=C(c2ccc(Cl)cc2)C1. The third kappa shape index (κ3) is 10.6. The number of fused-ring (bicyclic) bond motifs is 1. The zero-order valence-electron chi connectivity index (χ0n) is 37.6. The maximum atomic E-state index is 14.0. The quantitative estimate of drug-likeness (QED) is 0.0762. The highest BCUT2D eigenvalue weighted by molar-refractivity contribution is 7.90. The molecule has 0 saturated carbocycles. The number of nitro groups is 1. The summed E-state index contributed by atoms with van der Waals surface area (Å²) in [4.78, 5) is 35.8. The molecule has 348 valence electrons. The summed E-state index contributed by atoms with van der Waals surface area (Å²) in [5.74, 6) is -0.284. The molecule has 0 radical (unpaired) electrons. The number of H-pyrrole nitrogens is 1. The molecule has 1 aromatic heterocycles. The van der Waals surface area contributed by atoms with E-state index in [9.17, 15) is 23.3 Å². The van der Waals surface area contributed by atoms with Crippen LogP contribution >= 0.6 is 11.6 Å². The van der Waals surface area contributed by atoms with Crippen molar-refractivity contribution in [1.82, 2.24) is 19.5 Å². The van der Waals surface area contributed by atoms with E-state index in [0.717, 1.165) is 132 Å². The zero-order valence-corrected chi connectivity index (χ0v) is 39.1. The molecule has 0 atom stereocenters. The van der Waals surface area contributed by atoms with Gasteiger partial charge in [-0.05, 0) is 122 Å². The second kappa shape index (κ2) is 19.4. The molecule has 3 aliphatic heterocycles. The lowest BCUT2D eigenvalue weighted by atomic mass is 9.72. The number of nitro benzene ring substituents is 1. The van der Waals surface area contributed by atoms with Crippen molar-refractivity contribution in [1.29, 1.82) is 0 Å². The van der Waals surface area contributed by atoms with Gasteiger partial charge in [0.15, 0.2) is 0 Å². The normalized spacial score (nSPS) is 19.2. The Kier molecular flexibility index (Phi) is 13.4. The van der Waals surface area contributed by atoms with Gasteiger partial charge in [-0.1, -0.05) is 43.2 Å². The van der Waals surface area contributed by atoms with Gasteiger partial charge in [-0.25, -0.2) is 13.1 Å². The lowest BCUT2D eigenvalue weighted by molar-refractivity contribution is -0.384. The van der Waals surface area contributed by atoms with Gasteiger partial charge in [0.25, 0.3) is 21.6 Å². The third-order valence-corrected chi connectivity index (χ3v) is 15.4. The number of likely N-dealkylation sites (tertiary alicyclic amines) is 1.